The largest absolute Gasteiger partial charge is 0.396 e. The molecule has 2 nitrogen and oxygen atoms in total. The van der Waals surface area contributed by atoms with Gasteiger partial charge in [-0.3, -0.25) is 0 Å². The summed E-state index contributed by atoms with van der Waals surface area (Å²) in [6, 6.07) is 0. The molecule has 0 spiro atoms. The third kappa shape index (κ3) is 2.17. The average Bonchev–Trinajstić information content (AvgIpc) is 2.50. The van der Waals surface area contributed by atoms with Crippen LogP contribution in [0.1, 0.15) is 38.5 Å². The lowest BCUT2D eigenvalue weighted by Crippen LogP contribution is -2.21. The molecule has 0 unspecified atom stereocenters. The molecule has 1 saturated carbocycles. The molecule has 2 heteroatoms. The van der Waals surface area contributed by atoms with Crippen LogP contribution in [0.3, 0.4) is 0 Å². The molecule has 0 aromatic rings. The van der Waals surface area contributed by atoms with Gasteiger partial charge in [-0.05, 0) is 31.1 Å². The minimum absolute atomic E-state index is 0.183. The molecule has 1 aliphatic carbocycles. The Labute approximate surface area is 68.2 Å². The van der Waals surface area contributed by atoms with Crippen LogP contribution < -0.4 is 0 Å². The van der Waals surface area contributed by atoms with Crippen LogP contribution in [0.5, 0.6) is 0 Å². The second-order valence-corrected chi connectivity index (χ2v) is 3.69. The van der Waals surface area contributed by atoms with Crippen LogP contribution in [0.25, 0.3) is 0 Å². The zero-order chi connectivity index (χ0) is 8.16. The Morgan fingerprint density at radius 3 is 2.18 bits per heavy atom. The van der Waals surface area contributed by atoms with E-state index < -0.39 is 0 Å². The summed E-state index contributed by atoms with van der Waals surface area (Å²) in [5.74, 6) is 0. The van der Waals surface area contributed by atoms with E-state index in [9.17, 15) is 0 Å². The van der Waals surface area contributed by atoms with Crippen molar-refractivity contribution in [1.29, 1.82) is 0 Å². The quantitative estimate of drug-likeness (QED) is 0.647. The van der Waals surface area contributed by atoms with E-state index in [1.165, 1.54) is 12.8 Å². The SMILES string of the molecule is OCCCC1(CO)CCCC1. The van der Waals surface area contributed by atoms with Gasteiger partial charge >= 0.3 is 0 Å². The molecule has 0 aromatic heterocycles. The van der Waals surface area contributed by atoms with E-state index in [4.69, 9.17) is 10.2 Å². The van der Waals surface area contributed by atoms with Crippen LogP contribution in [0.4, 0.5) is 0 Å². The van der Waals surface area contributed by atoms with Gasteiger partial charge in [0, 0.05) is 13.2 Å². The van der Waals surface area contributed by atoms with Crippen molar-refractivity contribution in [3.8, 4) is 0 Å². The minimum Gasteiger partial charge on any atom is -0.396 e. The topological polar surface area (TPSA) is 40.5 Å². The Morgan fingerprint density at radius 2 is 1.73 bits per heavy atom. The molecule has 0 aliphatic heterocycles. The predicted molar refractivity (Wildman–Crippen MR) is 44.3 cm³/mol. The molecule has 11 heavy (non-hydrogen) atoms. The summed E-state index contributed by atoms with van der Waals surface area (Å²) in [5, 5.41) is 17.8. The fourth-order valence-electron chi connectivity index (χ4n) is 2.07. The van der Waals surface area contributed by atoms with Gasteiger partial charge in [0.1, 0.15) is 0 Å². The molecule has 0 radical (unpaired) electrons. The van der Waals surface area contributed by atoms with Gasteiger partial charge in [0.05, 0.1) is 0 Å². The van der Waals surface area contributed by atoms with Gasteiger partial charge in [-0.15, -0.1) is 0 Å². The van der Waals surface area contributed by atoms with E-state index >= 15 is 0 Å². The van der Waals surface area contributed by atoms with Crippen LogP contribution in [0, 0.1) is 5.41 Å². The summed E-state index contributed by atoms with van der Waals surface area (Å²) in [5.41, 5.74) is 0.183. The van der Waals surface area contributed by atoms with Crippen LogP contribution in [0.2, 0.25) is 0 Å². The highest BCUT2D eigenvalue weighted by molar-refractivity contribution is 4.83. The molecule has 0 bridgehead atoms. The normalized spacial score (nSPS) is 22.4. The zero-order valence-electron chi connectivity index (χ0n) is 7.05. The fraction of sp³-hybridized carbons (Fsp3) is 1.00. The maximum Gasteiger partial charge on any atom is 0.0487 e. The zero-order valence-corrected chi connectivity index (χ0v) is 7.05. The van der Waals surface area contributed by atoms with Crippen molar-refractivity contribution in [2.45, 2.75) is 38.5 Å². The Kier molecular flexibility index (Phi) is 3.34. The first-order valence-electron chi connectivity index (χ1n) is 4.55. The molecular formula is C9H18O2. The van der Waals surface area contributed by atoms with Crippen molar-refractivity contribution in [2.75, 3.05) is 13.2 Å². The lowest BCUT2D eigenvalue weighted by atomic mass is 9.82. The average molecular weight is 158 g/mol. The number of aliphatic hydroxyl groups is 2. The van der Waals surface area contributed by atoms with Gasteiger partial charge in [0.15, 0.2) is 0 Å². The van der Waals surface area contributed by atoms with Crippen molar-refractivity contribution >= 4 is 0 Å². The summed E-state index contributed by atoms with van der Waals surface area (Å²) < 4.78 is 0. The number of aliphatic hydroxyl groups excluding tert-OH is 2. The lowest BCUT2D eigenvalue weighted by Gasteiger charge is -2.25. The van der Waals surface area contributed by atoms with E-state index in [1.54, 1.807) is 0 Å². The third-order valence-electron chi connectivity index (χ3n) is 2.86. The van der Waals surface area contributed by atoms with Gasteiger partial charge in [-0.1, -0.05) is 12.8 Å². The Bertz CT molecular complexity index is 106. The van der Waals surface area contributed by atoms with Gasteiger partial charge < -0.3 is 10.2 Å². The van der Waals surface area contributed by atoms with E-state index in [0.717, 1.165) is 25.7 Å². The van der Waals surface area contributed by atoms with Crippen LogP contribution in [0.15, 0.2) is 0 Å². The van der Waals surface area contributed by atoms with E-state index in [-0.39, 0.29) is 12.0 Å². The summed E-state index contributed by atoms with van der Waals surface area (Å²) in [4.78, 5) is 0. The predicted octanol–water partition coefficient (Wildman–Crippen LogP) is 1.31. The summed E-state index contributed by atoms with van der Waals surface area (Å²) in [7, 11) is 0. The second kappa shape index (κ2) is 4.07. The minimum atomic E-state index is 0.183. The van der Waals surface area contributed by atoms with Gasteiger partial charge in [0.2, 0.25) is 0 Å². The lowest BCUT2D eigenvalue weighted by molar-refractivity contribution is 0.110. The maximum atomic E-state index is 9.16. The van der Waals surface area contributed by atoms with E-state index in [2.05, 4.69) is 0 Å². The van der Waals surface area contributed by atoms with Gasteiger partial charge in [-0.2, -0.15) is 0 Å². The van der Waals surface area contributed by atoms with E-state index in [1.807, 2.05) is 0 Å². The van der Waals surface area contributed by atoms with Crippen LogP contribution in [-0.2, 0) is 0 Å². The standard InChI is InChI=1S/C9H18O2/c10-7-3-6-9(8-11)4-1-2-5-9/h10-11H,1-8H2. The summed E-state index contributed by atoms with van der Waals surface area (Å²) in [6.45, 7) is 0.578. The molecule has 0 saturated heterocycles. The van der Waals surface area contributed by atoms with Crippen LogP contribution in [-0.4, -0.2) is 23.4 Å². The van der Waals surface area contributed by atoms with Crippen molar-refractivity contribution in [1.82, 2.24) is 0 Å². The summed E-state index contributed by atoms with van der Waals surface area (Å²) in [6.07, 6.45) is 6.67. The molecule has 2 N–H and O–H groups in total. The molecule has 66 valence electrons. The first-order valence-corrected chi connectivity index (χ1v) is 4.55. The molecule has 0 aromatic carbocycles. The second-order valence-electron chi connectivity index (χ2n) is 3.69. The molecule has 1 fully saturated rings. The molecule has 1 aliphatic rings. The highest BCUT2D eigenvalue weighted by Crippen LogP contribution is 2.41. The van der Waals surface area contributed by atoms with Gasteiger partial charge in [0.25, 0.3) is 0 Å². The van der Waals surface area contributed by atoms with Crippen molar-refractivity contribution in [3.05, 3.63) is 0 Å². The molecular weight excluding hydrogens is 140 g/mol. The van der Waals surface area contributed by atoms with E-state index in [0.29, 0.717) is 6.61 Å². The van der Waals surface area contributed by atoms with Gasteiger partial charge in [-0.25, -0.2) is 0 Å². The molecule has 0 heterocycles. The molecule has 1 rings (SSSR count). The Hall–Kier alpha value is -0.0800. The number of hydrogen-bond donors (Lipinski definition) is 2. The highest BCUT2D eigenvalue weighted by Gasteiger charge is 2.32. The van der Waals surface area contributed by atoms with Crippen molar-refractivity contribution < 1.29 is 10.2 Å². The Balaban J connectivity index is 2.33. The fourth-order valence-corrected chi connectivity index (χ4v) is 2.07. The monoisotopic (exact) mass is 158 g/mol. The molecule has 0 amide bonds. The first kappa shape index (κ1) is 9.01. The maximum absolute atomic E-state index is 9.16. The molecule has 0 atom stereocenters. The Morgan fingerprint density at radius 1 is 1.09 bits per heavy atom. The number of rotatable bonds is 4. The first-order chi connectivity index (χ1) is 5.33. The smallest absolute Gasteiger partial charge is 0.0487 e. The summed E-state index contributed by atoms with van der Waals surface area (Å²) >= 11 is 0. The highest BCUT2D eigenvalue weighted by atomic mass is 16.3. The number of hydrogen-bond acceptors (Lipinski definition) is 2. The van der Waals surface area contributed by atoms with Crippen LogP contribution >= 0.6 is 0 Å². The van der Waals surface area contributed by atoms with Crippen molar-refractivity contribution in [3.63, 3.8) is 0 Å². The van der Waals surface area contributed by atoms with Crippen molar-refractivity contribution in [2.24, 2.45) is 5.41 Å². The third-order valence-corrected chi connectivity index (χ3v) is 2.86.